The molecule has 6 rings (SSSR count). The number of benzene rings is 2. The van der Waals surface area contributed by atoms with Gasteiger partial charge in [0.05, 0.1) is 11.4 Å². The Balaban J connectivity index is 1.23. The maximum absolute atomic E-state index is 6.26. The average molecular weight is 484 g/mol. The van der Waals surface area contributed by atoms with Crippen LogP contribution < -0.4 is 15.2 Å². The predicted molar refractivity (Wildman–Crippen MR) is 137 cm³/mol. The lowest BCUT2D eigenvalue weighted by atomic mass is 10.0. The second-order valence-corrected chi connectivity index (χ2v) is 9.71. The summed E-state index contributed by atoms with van der Waals surface area (Å²) in [5, 5.41) is 6.99. The molecule has 3 heterocycles. The lowest BCUT2D eigenvalue weighted by molar-refractivity contribution is 0.308. The Hall–Kier alpha value is -3.91. The third-order valence-corrected chi connectivity index (χ3v) is 7.19. The van der Waals surface area contributed by atoms with E-state index in [1.165, 1.54) is 24.0 Å². The quantitative estimate of drug-likeness (QED) is 0.285. The number of aromatic nitrogens is 4. The van der Waals surface area contributed by atoms with Crippen LogP contribution in [0.5, 0.6) is 17.2 Å². The summed E-state index contributed by atoms with van der Waals surface area (Å²) in [5.41, 5.74) is 9.78. The zero-order valence-electron chi connectivity index (χ0n) is 19.1. The summed E-state index contributed by atoms with van der Waals surface area (Å²) < 4.78 is 13.8. The fourth-order valence-corrected chi connectivity index (χ4v) is 5.24. The van der Waals surface area contributed by atoms with E-state index in [0.717, 1.165) is 46.8 Å². The fraction of sp³-hybridized carbons (Fsp3) is 0.222. The smallest absolute Gasteiger partial charge is 0.153 e. The number of nitrogen functional groups attached to an aromatic ring is 1. The van der Waals surface area contributed by atoms with E-state index in [0.29, 0.717) is 24.1 Å². The molecule has 7 nitrogen and oxygen atoms in total. The van der Waals surface area contributed by atoms with E-state index in [-0.39, 0.29) is 0 Å². The van der Waals surface area contributed by atoms with Crippen LogP contribution in [0, 0.1) is 0 Å². The van der Waals surface area contributed by atoms with Crippen molar-refractivity contribution >= 4 is 28.2 Å². The van der Waals surface area contributed by atoms with E-state index in [2.05, 4.69) is 16.0 Å². The highest BCUT2D eigenvalue weighted by molar-refractivity contribution is 7.09. The number of ether oxygens (including phenoxy) is 2. The number of rotatable bonds is 7. The lowest BCUT2D eigenvalue weighted by Gasteiger charge is -2.10. The van der Waals surface area contributed by atoms with Gasteiger partial charge in [-0.25, -0.2) is 14.6 Å². The summed E-state index contributed by atoms with van der Waals surface area (Å²) >= 11 is 1.68. The first kappa shape index (κ1) is 21.6. The van der Waals surface area contributed by atoms with E-state index in [9.17, 15) is 0 Å². The zero-order valence-corrected chi connectivity index (χ0v) is 19.9. The maximum Gasteiger partial charge on any atom is 0.153 e. The van der Waals surface area contributed by atoms with Crippen molar-refractivity contribution < 1.29 is 9.47 Å². The topological polar surface area (TPSA) is 88.1 Å². The third kappa shape index (κ3) is 4.44. The molecule has 5 aromatic rings. The second kappa shape index (κ2) is 9.38. The van der Waals surface area contributed by atoms with Gasteiger partial charge in [0, 0.05) is 16.9 Å². The van der Waals surface area contributed by atoms with Gasteiger partial charge in [0.15, 0.2) is 5.82 Å². The average Bonchev–Trinajstić information content (AvgIpc) is 3.65. The predicted octanol–water partition coefficient (Wildman–Crippen LogP) is 6.49. The van der Waals surface area contributed by atoms with Gasteiger partial charge in [-0.2, -0.15) is 5.10 Å². The van der Waals surface area contributed by atoms with Crippen LogP contribution in [0.2, 0.25) is 0 Å². The Morgan fingerprint density at radius 3 is 2.57 bits per heavy atom. The molecule has 0 atom stereocenters. The van der Waals surface area contributed by atoms with Gasteiger partial charge in [-0.15, -0.1) is 11.3 Å². The minimum atomic E-state index is 0.421. The molecular formula is C27H25N5O2S. The van der Waals surface area contributed by atoms with Crippen LogP contribution in [-0.4, -0.2) is 19.7 Å². The minimum Gasteiger partial charge on any atom is -0.488 e. The van der Waals surface area contributed by atoms with Gasteiger partial charge in [-0.1, -0.05) is 25.0 Å². The standard InChI is InChI=1S/C27H25N5O2S/c28-27-26-25(29-17-30-27)24(18-5-1-2-6-18)31-32(26)19-10-12-20(13-11-19)34-22-8-3-7-21(15-22)33-16-23-9-4-14-35-23/h3-4,7-15,17-18H,1-2,5-6,16H2,(H2,28,29,30). The molecule has 2 N–H and O–H groups in total. The van der Waals surface area contributed by atoms with Crippen LogP contribution in [0.1, 0.15) is 42.2 Å². The zero-order chi connectivity index (χ0) is 23.6. The number of thiophene rings is 1. The molecule has 0 radical (unpaired) electrons. The molecule has 3 aromatic heterocycles. The molecule has 1 aliphatic carbocycles. The minimum absolute atomic E-state index is 0.421. The molecule has 2 aromatic carbocycles. The number of hydrogen-bond donors (Lipinski definition) is 1. The fourth-order valence-electron chi connectivity index (χ4n) is 4.62. The molecule has 0 saturated heterocycles. The molecule has 1 saturated carbocycles. The second-order valence-electron chi connectivity index (χ2n) is 8.67. The van der Waals surface area contributed by atoms with Crippen molar-refractivity contribution in [3.8, 4) is 22.9 Å². The Morgan fingerprint density at radius 1 is 0.943 bits per heavy atom. The SMILES string of the molecule is Nc1ncnc2c(C3CCCC3)nn(-c3ccc(Oc4cccc(OCc5cccs5)c4)cc3)c12. The molecule has 1 fully saturated rings. The molecule has 0 spiro atoms. The van der Waals surface area contributed by atoms with Gasteiger partial charge in [0.1, 0.15) is 41.2 Å². The van der Waals surface area contributed by atoms with Crippen LogP contribution >= 0.6 is 11.3 Å². The largest absolute Gasteiger partial charge is 0.488 e. The normalized spacial score (nSPS) is 13.9. The summed E-state index contributed by atoms with van der Waals surface area (Å²) in [5.74, 6) is 3.06. The summed E-state index contributed by atoms with van der Waals surface area (Å²) in [6.07, 6.45) is 6.26. The number of fused-ring (bicyclic) bond motifs is 1. The molecule has 0 aliphatic heterocycles. The highest BCUT2D eigenvalue weighted by Crippen LogP contribution is 2.38. The number of nitrogens with two attached hydrogens (primary N) is 1. The monoisotopic (exact) mass is 483 g/mol. The molecule has 0 unspecified atom stereocenters. The van der Waals surface area contributed by atoms with Crippen LogP contribution in [0.3, 0.4) is 0 Å². The summed E-state index contributed by atoms with van der Waals surface area (Å²) in [6, 6.07) is 19.6. The van der Waals surface area contributed by atoms with E-state index in [4.69, 9.17) is 20.3 Å². The van der Waals surface area contributed by atoms with Crippen molar-refractivity contribution in [2.24, 2.45) is 0 Å². The van der Waals surface area contributed by atoms with Gasteiger partial charge in [0.25, 0.3) is 0 Å². The Kier molecular flexibility index (Phi) is 5.79. The Morgan fingerprint density at radius 2 is 1.77 bits per heavy atom. The highest BCUT2D eigenvalue weighted by Gasteiger charge is 2.25. The molecule has 176 valence electrons. The van der Waals surface area contributed by atoms with Gasteiger partial charge < -0.3 is 15.2 Å². The van der Waals surface area contributed by atoms with Crippen molar-refractivity contribution in [2.75, 3.05) is 5.73 Å². The van der Waals surface area contributed by atoms with Gasteiger partial charge in [-0.3, -0.25) is 0 Å². The molecule has 0 amide bonds. The molecule has 1 aliphatic rings. The first-order chi connectivity index (χ1) is 17.2. The maximum atomic E-state index is 6.26. The van der Waals surface area contributed by atoms with Gasteiger partial charge >= 0.3 is 0 Å². The van der Waals surface area contributed by atoms with Crippen molar-refractivity contribution in [1.82, 2.24) is 19.7 Å². The van der Waals surface area contributed by atoms with E-state index in [1.807, 2.05) is 64.7 Å². The summed E-state index contributed by atoms with van der Waals surface area (Å²) in [4.78, 5) is 9.93. The van der Waals surface area contributed by atoms with E-state index < -0.39 is 0 Å². The van der Waals surface area contributed by atoms with Crippen molar-refractivity contribution in [2.45, 2.75) is 38.2 Å². The number of anilines is 1. The van der Waals surface area contributed by atoms with E-state index in [1.54, 1.807) is 11.3 Å². The van der Waals surface area contributed by atoms with Crippen LogP contribution in [0.15, 0.2) is 72.4 Å². The third-order valence-electron chi connectivity index (χ3n) is 6.34. The summed E-state index contributed by atoms with van der Waals surface area (Å²) in [7, 11) is 0. The first-order valence-electron chi connectivity index (χ1n) is 11.8. The van der Waals surface area contributed by atoms with Crippen LogP contribution in [-0.2, 0) is 6.61 Å². The lowest BCUT2D eigenvalue weighted by Crippen LogP contribution is -2.01. The number of hydrogen-bond acceptors (Lipinski definition) is 7. The Labute approximate surface area is 207 Å². The Bertz CT molecular complexity index is 1440. The van der Waals surface area contributed by atoms with Crippen molar-refractivity contribution in [3.05, 3.63) is 82.9 Å². The molecular weight excluding hydrogens is 458 g/mol. The highest BCUT2D eigenvalue weighted by atomic mass is 32.1. The molecule has 0 bridgehead atoms. The first-order valence-corrected chi connectivity index (χ1v) is 12.7. The van der Waals surface area contributed by atoms with Crippen LogP contribution in [0.4, 0.5) is 5.82 Å². The van der Waals surface area contributed by atoms with Gasteiger partial charge in [0.2, 0.25) is 0 Å². The van der Waals surface area contributed by atoms with Gasteiger partial charge in [-0.05, 0) is 60.7 Å². The van der Waals surface area contributed by atoms with Crippen molar-refractivity contribution in [1.29, 1.82) is 0 Å². The molecule has 35 heavy (non-hydrogen) atoms. The molecule has 8 heteroatoms. The number of nitrogens with zero attached hydrogens (tertiary/aromatic N) is 4. The van der Waals surface area contributed by atoms with Crippen molar-refractivity contribution in [3.63, 3.8) is 0 Å². The van der Waals surface area contributed by atoms with E-state index >= 15 is 0 Å². The summed E-state index contributed by atoms with van der Waals surface area (Å²) in [6.45, 7) is 0.545. The van der Waals surface area contributed by atoms with Crippen LogP contribution in [0.25, 0.3) is 16.7 Å².